The van der Waals surface area contributed by atoms with Crippen molar-refractivity contribution in [2.45, 2.75) is 77.4 Å². The van der Waals surface area contributed by atoms with Crippen molar-refractivity contribution in [3.63, 3.8) is 0 Å². The lowest BCUT2D eigenvalue weighted by molar-refractivity contribution is 0.0578. The first-order chi connectivity index (χ1) is 12.5. The Morgan fingerprint density at radius 2 is 1.96 bits per heavy atom. The molecule has 0 bridgehead atoms. The molecule has 0 aliphatic carbocycles. The van der Waals surface area contributed by atoms with Crippen LogP contribution in [0, 0.1) is 0 Å². The summed E-state index contributed by atoms with van der Waals surface area (Å²) in [6.07, 6.45) is -1.40. The van der Waals surface area contributed by atoms with Gasteiger partial charge in [-0.05, 0) is 61.5 Å². The Hall–Kier alpha value is -1.22. The van der Waals surface area contributed by atoms with Gasteiger partial charge in [0.05, 0.1) is 45.3 Å². The fraction of sp³-hybridized carbons (Fsp3) is 0.684. The van der Waals surface area contributed by atoms with Crippen LogP contribution < -0.4 is 9.62 Å². The lowest BCUT2D eigenvalue weighted by Crippen LogP contribution is -2.49. The lowest BCUT2D eigenvalue weighted by atomic mass is 9.95. The molecule has 1 aromatic heterocycles. The molecule has 9 heteroatoms. The van der Waals surface area contributed by atoms with Gasteiger partial charge in [0, 0.05) is 5.56 Å². The molecule has 3 atom stereocenters. The number of amides is 1. The van der Waals surface area contributed by atoms with E-state index in [1.54, 1.807) is 33.8 Å². The first kappa shape index (κ1) is 23.1. The average molecular weight is 432 g/mol. The predicted octanol–water partition coefficient (Wildman–Crippen LogP) is 3.81. The number of anilines is 1. The van der Waals surface area contributed by atoms with Crippen LogP contribution in [0.2, 0.25) is 5.15 Å². The van der Waals surface area contributed by atoms with E-state index < -0.39 is 39.1 Å². The summed E-state index contributed by atoms with van der Waals surface area (Å²) in [7, 11) is -1.40. The van der Waals surface area contributed by atoms with Crippen molar-refractivity contribution >= 4 is 34.4 Å². The quantitative estimate of drug-likeness (QED) is 0.710. The molecule has 0 radical (unpaired) electrons. The highest BCUT2D eigenvalue weighted by Crippen LogP contribution is 2.44. The first-order valence-electron chi connectivity index (χ1n) is 9.14. The van der Waals surface area contributed by atoms with Crippen LogP contribution in [0.5, 0.6) is 0 Å². The Morgan fingerprint density at radius 1 is 1.39 bits per heavy atom. The molecular formula is C19H30ClN3O4S. The maximum absolute atomic E-state index is 12.8. The molecule has 0 aromatic carbocycles. The normalized spacial score (nSPS) is 22.0. The van der Waals surface area contributed by atoms with Gasteiger partial charge in [0.2, 0.25) is 0 Å². The monoisotopic (exact) mass is 431 g/mol. The highest BCUT2D eigenvalue weighted by atomic mass is 35.5. The molecule has 0 saturated heterocycles. The van der Waals surface area contributed by atoms with Crippen LogP contribution in [0.1, 0.15) is 72.8 Å². The Balaban J connectivity index is 2.57. The van der Waals surface area contributed by atoms with Crippen LogP contribution in [0.3, 0.4) is 0 Å². The number of pyridine rings is 1. The Kier molecular flexibility index (Phi) is 6.22. The van der Waals surface area contributed by atoms with Gasteiger partial charge in [0.1, 0.15) is 5.60 Å². The number of aliphatic hydroxyl groups excluding tert-OH is 1. The fourth-order valence-electron chi connectivity index (χ4n) is 2.82. The van der Waals surface area contributed by atoms with E-state index in [9.17, 15) is 14.1 Å². The van der Waals surface area contributed by atoms with Gasteiger partial charge >= 0.3 is 6.09 Å². The number of aliphatic hydroxyl groups is 1. The summed E-state index contributed by atoms with van der Waals surface area (Å²) >= 11 is 6.41. The number of aromatic nitrogens is 1. The maximum Gasteiger partial charge on any atom is 0.414 e. The van der Waals surface area contributed by atoms with Crippen molar-refractivity contribution in [1.29, 1.82) is 0 Å². The summed E-state index contributed by atoms with van der Waals surface area (Å²) in [5, 5.41) is 10.1. The molecule has 2 rings (SSSR count). The zero-order valence-electron chi connectivity index (χ0n) is 17.7. The van der Waals surface area contributed by atoms with Gasteiger partial charge in [-0.15, -0.1) is 0 Å². The van der Waals surface area contributed by atoms with Crippen molar-refractivity contribution in [3.05, 3.63) is 22.5 Å². The van der Waals surface area contributed by atoms with Gasteiger partial charge in [0.25, 0.3) is 0 Å². The molecule has 7 nitrogen and oxygen atoms in total. The molecule has 1 aliphatic rings. The van der Waals surface area contributed by atoms with Gasteiger partial charge in [-0.1, -0.05) is 11.6 Å². The van der Waals surface area contributed by atoms with Crippen molar-refractivity contribution in [1.82, 2.24) is 9.71 Å². The standard InChI is InChI=1S/C19H30ClN3O4S/c1-11(24)13-9-12-14(15(20)21-13)23(16(25)27-17(2,3)4)10-19(12,8)22-28(26)18(5,6)7/h9,11,22,24H,10H2,1-8H3/t11?,19-,28?/m1/s1. The zero-order valence-corrected chi connectivity index (χ0v) is 19.3. The third-order valence-corrected chi connectivity index (χ3v) is 6.24. The third-order valence-electron chi connectivity index (χ3n) is 4.22. The molecular weight excluding hydrogens is 402 g/mol. The van der Waals surface area contributed by atoms with Gasteiger partial charge in [0.15, 0.2) is 5.15 Å². The van der Waals surface area contributed by atoms with Gasteiger partial charge < -0.3 is 9.84 Å². The van der Waals surface area contributed by atoms with E-state index in [1.807, 2.05) is 27.7 Å². The van der Waals surface area contributed by atoms with Gasteiger partial charge in [-0.3, -0.25) is 4.90 Å². The number of ether oxygens (including phenoxy) is 1. The van der Waals surface area contributed by atoms with Crippen LogP contribution in [-0.4, -0.2) is 37.3 Å². The minimum atomic E-state index is -1.40. The van der Waals surface area contributed by atoms with Crippen molar-refractivity contribution in [3.8, 4) is 0 Å². The summed E-state index contributed by atoms with van der Waals surface area (Å²) in [5.41, 5.74) is -0.116. The SMILES string of the molecule is CC(O)c1cc2c(c(Cl)n1)N(C(=O)OC(C)(C)C)C[C@@]2(C)NS(=O)C(C)(C)C. The Morgan fingerprint density at radius 3 is 2.43 bits per heavy atom. The third kappa shape index (κ3) is 4.84. The second kappa shape index (κ2) is 7.55. The van der Waals surface area contributed by atoms with Crippen molar-refractivity contribution in [2.24, 2.45) is 0 Å². The van der Waals surface area contributed by atoms with Gasteiger partial charge in [-0.25, -0.2) is 18.7 Å². The Bertz CT molecular complexity index is 802. The number of nitrogens with zero attached hydrogens (tertiary/aromatic N) is 2. The number of rotatable bonds is 3. The van der Waals surface area contributed by atoms with Crippen LogP contribution in [0.4, 0.5) is 10.5 Å². The second-order valence-corrected chi connectivity index (χ2v) is 11.6. The number of carbonyl (C=O) groups excluding carboxylic acids is 1. The van der Waals surface area contributed by atoms with E-state index in [4.69, 9.17) is 16.3 Å². The first-order valence-corrected chi connectivity index (χ1v) is 10.7. The van der Waals surface area contributed by atoms with E-state index in [1.165, 1.54) is 4.90 Å². The minimum Gasteiger partial charge on any atom is -0.443 e. The van der Waals surface area contributed by atoms with E-state index >= 15 is 0 Å². The molecule has 2 N–H and O–H groups in total. The molecule has 1 aliphatic heterocycles. The number of nitrogens with one attached hydrogen (secondary N) is 1. The van der Waals surface area contributed by atoms with E-state index in [2.05, 4.69) is 9.71 Å². The smallest absolute Gasteiger partial charge is 0.414 e. The molecule has 28 heavy (non-hydrogen) atoms. The topological polar surface area (TPSA) is 91.8 Å². The summed E-state index contributed by atoms with van der Waals surface area (Å²) in [4.78, 5) is 18.5. The minimum absolute atomic E-state index is 0.0892. The lowest BCUT2D eigenvalue weighted by Gasteiger charge is -2.31. The number of carbonyl (C=O) groups is 1. The summed E-state index contributed by atoms with van der Waals surface area (Å²) in [5.74, 6) is 0. The van der Waals surface area contributed by atoms with E-state index in [0.29, 0.717) is 16.9 Å². The van der Waals surface area contributed by atoms with Crippen molar-refractivity contribution in [2.75, 3.05) is 11.4 Å². The Labute approximate surface area is 174 Å². The zero-order chi connectivity index (χ0) is 21.7. The summed E-state index contributed by atoms with van der Waals surface area (Å²) in [6.45, 7) is 14.5. The largest absolute Gasteiger partial charge is 0.443 e. The average Bonchev–Trinajstić information content (AvgIpc) is 2.78. The number of fused-ring (bicyclic) bond motifs is 1. The number of hydrogen-bond acceptors (Lipinski definition) is 5. The van der Waals surface area contributed by atoms with Crippen LogP contribution in [0.15, 0.2) is 6.07 Å². The molecule has 2 heterocycles. The number of hydrogen-bond donors (Lipinski definition) is 2. The molecule has 1 amide bonds. The second-order valence-electron chi connectivity index (χ2n) is 9.29. The van der Waals surface area contributed by atoms with Crippen molar-refractivity contribution < 1.29 is 18.8 Å². The predicted molar refractivity (Wildman–Crippen MR) is 112 cm³/mol. The maximum atomic E-state index is 12.8. The highest BCUT2D eigenvalue weighted by Gasteiger charge is 2.46. The molecule has 0 fully saturated rings. The van der Waals surface area contributed by atoms with E-state index in [-0.39, 0.29) is 11.7 Å². The van der Waals surface area contributed by atoms with Gasteiger partial charge in [-0.2, -0.15) is 0 Å². The molecule has 2 unspecified atom stereocenters. The van der Waals surface area contributed by atoms with Crippen LogP contribution in [0.25, 0.3) is 0 Å². The van der Waals surface area contributed by atoms with E-state index in [0.717, 1.165) is 0 Å². The molecule has 1 aromatic rings. The summed E-state index contributed by atoms with van der Waals surface area (Å²) < 4.78 is 21.0. The van der Waals surface area contributed by atoms with Crippen LogP contribution in [-0.2, 0) is 21.3 Å². The number of halogens is 1. The fourth-order valence-corrected chi connectivity index (χ4v) is 4.01. The highest BCUT2D eigenvalue weighted by molar-refractivity contribution is 7.84. The molecule has 0 saturated carbocycles. The molecule has 158 valence electrons. The van der Waals surface area contributed by atoms with Crippen LogP contribution >= 0.6 is 11.6 Å². The summed E-state index contributed by atoms with van der Waals surface area (Å²) in [6, 6.07) is 1.70. The molecule has 0 spiro atoms.